The third kappa shape index (κ3) is 3.12. The van der Waals surface area contributed by atoms with Gasteiger partial charge in [0, 0.05) is 6.54 Å². The molecule has 1 rings (SSSR count). The van der Waals surface area contributed by atoms with E-state index in [0.29, 0.717) is 18.9 Å². The van der Waals surface area contributed by atoms with Crippen molar-refractivity contribution < 1.29 is 19.1 Å². The van der Waals surface area contributed by atoms with Gasteiger partial charge in [0.05, 0.1) is 5.30 Å². The first-order valence-electron chi connectivity index (χ1n) is 4.03. The zero-order valence-corrected chi connectivity index (χ0v) is 8.35. The van der Waals surface area contributed by atoms with E-state index in [-0.39, 0.29) is 5.30 Å². The summed E-state index contributed by atoms with van der Waals surface area (Å²) in [4.78, 5) is 17.6. The lowest BCUT2D eigenvalue weighted by Crippen LogP contribution is -2.11. The summed E-state index contributed by atoms with van der Waals surface area (Å²) in [7, 11) is -4.14. The van der Waals surface area contributed by atoms with Gasteiger partial charge in [-0.05, 0) is 24.3 Å². The van der Waals surface area contributed by atoms with Crippen LogP contribution >= 0.6 is 7.60 Å². The Morgan fingerprint density at radius 3 is 2.29 bits per heavy atom. The minimum atomic E-state index is -4.14. The third-order valence-electron chi connectivity index (χ3n) is 1.56. The number of hydrogen-bond donors (Lipinski definition) is 3. The smallest absolute Gasteiger partial charge is 0.356 e. The molecule has 0 bridgehead atoms. The average Bonchev–Trinajstić information content (AvgIpc) is 2.14. The van der Waals surface area contributed by atoms with Crippen LogP contribution < -0.4 is 15.8 Å². The first-order chi connectivity index (χ1) is 6.54. The van der Waals surface area contributed by atoms with E-state index >= 15 is 0 Å². The molecule has 0 heterocycles. The van der Waals surface area contributed by atoms with Crippen LogP contribution in [0.2, 0.25) is 0 Å². The van der Waals surface area contributed by atoms with Crippen molar-refractivity contribution in [2.75, 3.05) is 13.2 Å². The van der Waals surface area contributed by atoms with Crippen LogP contribution in [-0.2, 0) is 4.57 Å². The zero-order valence-electron chi connectivity index (χ0n) is 7.46. The molecule has 5 nitrogen and oxygen atoms in total. The minimum absolute atomic E-state index is 0.0161. The molecule has 0 saturated carbocycles. The molecule has 0 spiro atoms. The molecule has 0 aliphatic heterocycles. The maximum atomic E-state index is 10.8. The van der Waals surface area contributed by atoms with Gasteiger partial charge in [-0.25, -0.2) is 0 Å². The summed E-state index contributed by atoms with van der Waals surface area (Å²) in [6.07, 6.45) is 0. The highest BCUT2D eigenvalue weighted by Gasteiger charge is 2.15. The van der Waals surface area contributed by atoms with Gasteiger partial charge in [-0.3, -0.25) is 4.57 Å². The van der Waals surface area contributed by atoms with E-state index < -0.39 is 7.60 Å². The van der Waals surface area contributed by atoms with E-state index in [1.165, 1.54) is 24.3 Å². The summed E-state index contributed by atoms with van der Waals surface area (Å²) in [5.74, 6) is 0.549. The van der Waals surface area contributed by atoms with Crippen molar-refractivity contribution in [2.45, 2.75) is 0 Å². The number of hydrogen-bond acceptors (Lipinski definition) is 3. The molecule has 0 atom stereocenters. The molecule has 0 amide bonds. The maximum Gasteiger partial charge on any atom is 0.356 e. The van der Waals surface area contributed by atoms with Crippen molar-refractivity contribution >= 4 is 12.9 Å². The molecular weight excluding hydrogens is 205 g/mol. The summed E-state index contributed by atoms with van der Waals surface area (Å²) in [6.45, 7) is 0.787. The fourth-order valence-electron chi connectivity index (χ4n) is 0.913. The number of rotatable bonds is 4. The van der Waals surface area contributed by atoms with Crippen LogP contribution in [0.15, 0.2) is 24.3 Å². The molecule has 0 aliphatic carbocycles. The van der Waals surface area contributed by atoms with Crippen molar-refractivity contribution in [2.24, 2.45) is 5.73 Å². The van der Waals surface area contributed by atoms with Crippen molar-refractivity contribution in [1.82, 2.24) is 0 Å². The molecule has 4 N–H and O–H groups in total. The molecule has 0 radical (unpaired) electrons. The molecule has 1 aromatic carbocycles. The Morgan fingerprint density at radius 2 is 1.86 bits per heavy atom. The number of ether oxygens (including phenoxy) is 1. The van der Waals surface area contributed by atoms with Crippen molar-refractivity contribution in [3.63, 3.8) is 0 Å². The van der Waals surface area contributed by atoms with Crippen molar-refractivity contribution in [1.29, 1.82) is 0 Å². The van der Waals surface area contributed by atoms with Gasteiger partial charge in [0.15, 0.2) is 0 Å². The lowest BCUT2D eigenvalue weighted by molar-refractivity contribution is 0.328. The summed E-state index contributed by atoms with van der Waals surface area (Å²) in [5, 5.41) is -0.0161. The second-order valence-corrected chi connectivity index (χ2v) is 4.28. The van der Waals surface area contributed by atoms with Crippen molar-refractivity contribution in [3.8, 4) is 5.75 Å². The molecule has 78 valence electrons. The Morgan fingerprint density at radius 1 is 1.29 bits per heavy atom. The third-order valence-corrected chi connectivity index (χ3v) is 2.53. The zero-order chi connectivity index (χ0) is 10.6. The monoisotopic (exact) mass is 217 g/mol. The highest BCUT2D eigenvalue weighted by molar-refractivity contribution is 7.60. The lowest BCUT2D eigenvalue weighted by atomic mass is 10.3. The van der Waals surface area contributed by atoms with E-state index in [4.69, 9.17) is 20.3 Å². The summed E-state index contributed by atoms with van der Waals surface area (Å²) in [5.41, 5.74) is 5.23. The molecule has 0 unspecified atom stereocenters. The quantitative estimate of drug-likeness (QED) is 0.609. The van der Waals surface area contributed by atoms with Crippen LogP contribution in [0.4, 0.5) is 0 Å². The lowest BCUT2D eigenvalue weighted by Gasteiger charge is -2.06. The van der Waals surface area contributed by atoms with Gasteiger partial charge in [-0.1, -0.05) is 0 Å². The SMILES string of the molecule is NCCOc1ccc(P(=O)(O)O)cc1. The minimum Gasteiger partial charge on any atom is -0.492 e. The number of benzene rings is 1. The van der Waals surface area contributed by atoms with Crippen LogP contribution in [0.1, 0.15) is 0 Å². The molecule has 6 heteroatoms. The van der Waals surface area contributed by atoms with Gasteiger partial charge in [0.25, 0.3) is 0 Å². The predicted octanol–water partition coefficient (Wildman–Crippen LogP) is -0.173. The van der Waals surface area contributed by atoms with E-state index in [9.17, 15) is 4.57 Å². The van der Waals surface area contributed by atoms with Crippen molar-refractivity contribution in [3.05, 3.63) is 24.3 Å². The fraction of sp³-hybridized carbons (Fsp3) is 0.250. The standard InChI is InChI=1S/C8H12NO4P/c9-5-6-13-7-1-3-8(4-2-7)14(10,11)12/h1-4H,5-6,9H2,(H2,10,11,12). The first-order valence-corrected chi connectivity index (χ1v) is 5.64. The molecule has 0 saturated heterocycles. The molecule has 1 aromatic rings. The largest absolute Gasteiger partial charge is 0.492 e. The molecule has 0 aliphatic rings. The Balaban J connectivity index is 2.74. The number of nitrogens with two attached hydrogens (primary N) is 1. The highest BCUT2D eigenvalue weighted by Crippen LogP contribution is 2.33. The summed E-state index contributed by atoms with van der Waals surface area (Å²) >= 11 is 0. The second kappa shape index (κ2) is 4.57. The Bertz CT molecular complexity index is 332. The second-order valence-electron chi connectivity index (χ2n) is 2.68. The van der Waals surface area contributed by atoms with Crippen LogP contribution in [0.25, 0.3) is 0 Å². The maximum absolute atomic E-state index is 10.8. The topological polar surface area (TPSA) is 92.8 Å². The van der Waals surface area contributed by atoms with Gasteiger partial charge in [-0.2, -0.15) is 0 Å². The van der Waals surface area contributed by atoms with E-state index in [2.05, 4.69) is 0 Å². The van der Waals surface area contributed by atoms with Crippen LogP contribution in [0.5, 0.6) is 5.75 Å². The van der Waals surface area contributed by atoms with Gasteiger partial charge in [0.2, 0.25) is 0 Å². The summed E-state index contributed by atoms with van der Waals surface area (Å²) in [6, 6.07) is 5.69. The van der Waals surface area contributed by atoms with Gasteiger partial charge in [0.1, 0.15) is 12.4 Å². The van der Waals surface area contributed by atoms with Crippen LogP contribution in [0.3, 0.4) is 0 Å². The molecule has 0 fully saturated rings. The van der Waals surface area contributed by atoms with Gasteiger partial charge in [-0.15, -0.1) is 0 Å². The van der Waals surface area contributed by atoms with Gasteiger partial charge < -0.3 is 20.3 Å². The van der Waals surface area contributed by atoms with E-state index in [0.717, 1.165) is 0 Å². The molecular formula is C8H12NO4P. The van der Waals surface area contributed by atoms with E-state index in [1.54, 1.807) is 0 Å². The fourth-order valence-corrected chi connectivity index (χ4v) is 1.45. The normalized spacial score (nSPS) is 11.4. The first kappa shape index (κ1) is 11.2. The highest BCUT2D eigenvalue weighted by atomic mass is 31.2. The molecule has 0 aromatic heterocycles. The summed E-state index contributed by atoms with van der Waals surface area (Å²) < 4.78 is 15.9. The van der Waals surface area contributed by atoms with Crippen LogP contribution in [0, 0.1) is 0 Å². The Hall–Kier alpha value is -0.870. The van der Waals surface area contributed by atoms with Crippen LogP contribution in [-0.4, -0.2) is 22.9 Å². The van der Waals surface area contributed by atoms with E-state index in [1.807, 2.05) is 0 Å². The predicted molar refractivity (Wildman–Crippen MR) is 52.7 cm³/mol. The Labute approximate surface area is 81.7 Å². The molecule has 14 heavy (non-hydrogen) atoms. The average molecular weight is 217 g/mol. The van der Waals surface area contributed by atoms with Gasteiger partial charge >= 0.3 is 7.60 Å². The Kier molecular flexibility index (Phi) is 3.66.